The number of aryl methyl sites for hydroxylation is 1. The first-order valence-corrected chi connectivity index (χ1v) is 6.49. The predicted octanol–water partition coefficient (Wildman–Crippen LogP) is 0.686. The average molecular weight is 267 g/mol. The first kappa shape index (κ1) is 14.4. The van der Waals surface area contributed by atoms with E-state index in [1.165, 1.54) is 11.8 Å². The zero-order valence-electron chi connectivity index (χ0n) is 10.7. The fourth-order valence-corrected chi connectivity index (χ4v) is 1.95. The minimum absolute atomic E-state index is 0.0653. The smallest absolute Gasteiger partial charge is 0.230 e. The van der Waals surface area contributed by atoms with Crippen LogP contribution in [0, 0.1) is 12.3 Å². The molecule has 0 fully saturated rings. The average Bonchev–Trinajstić information content (AvgIpc) is 2.24. The summed E-state index contributed by atoms with van der Waals surface area (Å²) in [7, 11) is 0. The molecule has 6 nitrogen and oxygen atoms in total. The first-order valence-electron chi connectivity index (χ1n) is 5.50. The minimum Gasteiger partial charge on any atom is -0.382 e. The molecule has 4 N–H and O–H groups in total. The van der Waals surface area contributed by atoms with Gasteiger partial charge in [-0.3, -0.25) is 10.2 Å². The molecule has 0 bridgehead atoms. The molecule has 0 aliphatic carbocycles. The van der Waals surface area contributed by atoms with Crippen molar-refractivity contribution in [3.05, 3.63) is 17.5 Å². The third-order valence-electron chi connectivity index (χ3n) is 1.89. The van der Waals surface area contributed by atoms with Crippen LogP contribution in [0.4, 0.5) is 0 Å². The SMILES string of the molecule is Cc1cc(C(=N)N)nc(SCC(=O)NC(C)C)n1. The van der Waals surface area contributed by atoms with Crippen molar-refractivity contribution in [2.24, 2.45) is 5.73 Å². The lowest BCUT2D eigenvalue weighted by molar-refractivity contribution is -0.119. The minimum atomic E-state index is -0.103. The molecule has 0 aliphatic heterocycles. The molecule has 0 radical (unpaired) electrons. The van der Waals surface area contributed by atoms with Gasteiger partial charge < -0.3 is 11.1 Å². The molecule has 0 atom stereocenters. The number of nitrogen functional groups attached to an aromatic ring is 1. The highest BCUT2D eigenvalue weighted by molar-refractivity contribution is 7.99. The van der Waals surface area contributed by atoms with Gasteiger partial charge in [-0.1, -0.05) is 11.8 Å². The number of aromatic nitrogens is 2. The maximum absolute atomic E-state index is 11.5. The maximum Gasteiger partial charge on any atom is 0.230 e. The van der Waals surface area contributed by atoms with Crippen molar-refractivity contribution in [3.63, 3.8) is 0 Å². The number of nitrogens with zero attached hydrogens (tertiary/aromatic N) is 2. The highest BCUT2D eigenvalue weighted by atomic mass is 32.2. The number of amidine groups is 1. The van der Waals surface area contributed by atoms with Crippen LogP contribution < -0.4 is 11.1 Å². The molecule has 98 valence electrons. The molecule has 1 heterocycles. The summed E-state index contributed by atoms with van der Waals surface area (Å²) in [5, 5.41) is 10.6. The quantitative estimate of drug-likeness (QED) is 0.315. The van der Waals surface area contributed by atoms with Crippen LogP contribution in [0.15, 0.2) is 11.2 Å². The van der Waals surface area contributed by atoms with Crippen molar-refractivity contribution in [1.82, 2.24) is 15.3 Å². The van der Waals surface area contributed by atoms with E-state index >= 15 is 0 Å². The van der Waals surface area contributed by atoms with Gasteiger partial charge in [0, 0.05) is 11.7 Å². The van der Waals surface area contributed by atoms with Gasteiger partial charge in [0.15, 0.2) is 5.16 Å². The number of hydrogen-bond donors (Lipinski definition) is 3. The topological polar surface area (TPSA) is 105 Å². The largest absolute Gasteiger partial charge is 0.382 e. The van der Waals surface area contributed by atoms with Crippen LogP contribution in [-0.2, 0) is 4.79 Å². The Morgan fingerprint density at radius 3 is 2.78 bits per heavy atom. The van der Waals surface area contributed by atoms with Crippen molar-refractivity contribution in [3.8, 4) is 0 Å². The van der Waals surface area contributed by atoms with E-state index in [9.17, 15) is 4.79 Å². The van der Waals surface area contributed by atoms with Crippen LogP contribution in [0.3, 0.4) is 0 Å². The molecule has 0 aliphatic rings. The van der Waals surface area contributed by atoms with Gasteiger partial charge in [-0.25, -0.2) is 9.97 Å². The Kier molecular flexibility index (Phi) is 5.08. The summed E-state index contributed by atoms with van der Waals surface area (Å²) in [6.45, 7) is 5.60. The molecule has 0 saturated heterocycles. The number of carbonyl (C=O) groups is 1. The molecule has 1 aromatic rings. The molecular weight excluding hydrogens is 250 g/mol. The molecule has 0 spiro atoms. The molecular formula is C11H17N5OS. The van der Waals surface area contributed by atoms with Gasteiger partial charge in [0.25, 0.3) is 0 Å². The van der Waals surface area contributed by atoms with Gasteiger partial charge in [0.05, 0.1) is 5.75 Å². The molecule has 0 unspecified atom stereocenters. The second kappa shape index (κ2) is 6.34. The second-order valence-electron chi connectivity index (χ2n) is 4.10. The third kappa shape index (κ3) is 4.70. The summed E-state index contributed by atoms with van der Waals surface area (Å²) in [5.41, 5.74) is 6.49. The summed E-state index contributed by atoms with van der Waals surface area (Å²) in [5.74, 6) is 0.0809. The van der Waals surface area contributed by atoms with Gasteiger partial charge in [0.2, 0.25) is 5.91 Å². The molecule has 7 heteroatoms. The van der Waals surface area contributed by atoms with Gasteiger partial charge in [-0.15, -0.1) is 0 Å². The van der Waals surface area contributed by atoms with Gasteiger partial charge in [-0.05, 0) is 26.8 Å². The van der Waals surface area contributed by atoms with E-state index in [1.807, 2.05) is 13.8 Å². The molecule has 0 saturated carbocycles. The van der Waals surface area contributed by atoms with E-state index in [-0.39, 0.29) is 23.5 Å². The monoisotopic (exact) mass is 267 g/mol. The Morgan fingerprint density at radius 2 is 2.22 bits per heavy atom. The molecule has 1 aromatic heterocycles. The van der Waals surface area contributed by atoms with Crippen LogP contribution in [0.1, 0.15) is 25.2 Å². The number of nitrogens with two attached hydrogens (primary N) is 1. The van der Waals surface area contributed by atoms with Crippen LogP contribution >= 0.6 is 11.8 Å². The highest BCUT2D eigenvalue weighted by Crippen LogP contribution is 2.13. The lowest BCUT2D eigenvalue weighted by atomic mass is 10.3. The van der Waals surface area contributed by atoms with E-state index in [1.54, 1.807) is 13.0 Å². The fraction of sp³-hybridized carbons (Fsp3) is 0.455. The Bertz CT molecular complexity index is 461. The van der Waals surface area contributed by atoms with Crippen molar-refractivity contribution < 1.29 is 4.79 Å². The fourth-order valence-electron chi connectivity index (χ4n) is 1.24. The zero-order valence-corrected chi connectivity index (χ0v) is 11.5. The van der Waals surface area contributed by atoms with Crippen LogP contribution in [0.5, 0.6) is 0 Å². The number of hydrogen-bond acceptors (Lipinski definition) is 5. The van der Waals surface area contributed by atoms with E-state index in [4.69, 9.17) is 11.1 Å². The van der Waals surface area contributed by atoms with Gasteiger partial charge in [0.1, 0.15) is 11.5 Å². The Balaban J connectivity index is 2.67. The van der Waals surface area contributed by atoms with Gasteiger partial charge >= 0.3 is 0 Å². The summed E-state index contributed by atoms with van der Waals surface area (Å²) in [6, 6.07) is 1.75. The van der Waals surface area contributed by atoms with E-state index in [0.29, 0.717) is 10.9 Å². The Labute approximate surface area is 110 Å². The number of carbonyl (C=O) groups excluding carboxylic acids is 1. The maximum atomic E-state index is 11.5. The van der Waals surface area contributed by atoms with Crippen LogP contribution in [-0.4, -0.2) is 33.5 Å². The summed E-state index contributed by atoms with van der Waals surface area (Å²) >= 11 is 1.23. The van der Waals surface area contributed by atoms with E-state index in [2.05, 4.69) is 15.3 Å². The predicted molar refractivity (Wildman–Crippen MR) is 71.8 cm³/mol. The standard InChI is InChI=1S/C11H17N5OS/c1-6(2)14-9(17)5-18-11-15-7(3)4-8(16-11)10(12)13/h4,6H,5H2,1-3H3,(H3,12,13)(H,14,17). The normalized spacial score (nSPS) is 10.4. The third-order valence-corrected chi connectivity index (χ3v) is 2.74. The zero-order chi connectivity index (χ0) is 13.7. The molecule has 0 aromatic carbocycles. The van der Waals surface area contributed by atoms with Crippen molar-refractivity contribution in [1.29, 1.82) is 5.41 Å². The molecule has 1 rings (SSSR count). The van der Waals surface area contributed by atoms with Crippen LogP contribution in [0.2, 0.25) is 0 Å². The first-order chi connectivity index (χ1) is 8.38. The van der Waals surface area contributed by atoms with Crippen molar-refractivity contribution in [2.45, 2.75) is 32.0 Å². The van der Waals surface area contributed by atoms with Crippen molar-refractivity contribution >= 4 is 23.5 Å². The van der Waals surface area contributed by atoms with E-state index in [0.717, 1.165) is 5.69 Å². The molecule has 1 amide bonds. The van der Waals surface area contributed by atoms with Crippen molar-refractivity contribution in [2.75, 3.05) is 5.75 Å². The van der Waals surface area contributed by atoms with Gasteiger partial charge in [-0.2, -0.15) is 0 Å². The highest BCUT2D eigenvalue weighted by Gasteiger charge is 2.08. The summed E-state index contributed by atoms with van der Waals surface area (Å²) < 4.78 is 0. The second-order valence-corrected chi connectivity index (χ2v) is 5.04. The Hall–Kier alpha value is -1.63. The number of nitrogens with one attached hydrogen (secondary N) is 2. The van der Waals surface area contributed by atoms with E-state index < -0.39 is 0 Å². The Morgan fingerprint density at radius 1 is 1.56 bits per heavy atom. The summed E-state index contributed by atoms with van der Waals surface area (Å²) in [4.78, 5) is 19.8. The summed E-state index contributed by atoms with van der Waals surface area (Å²) in [6.07, 6.45) is 0. The number of amides is 1. The number of thioether (sulfide) groups is 1. The lowest BCUT2D eigenvalue weighted by Crippen LogP contribution is -2.31. The van der Waals surface area contributed by atoms with Crippen LogP contribution in [0.25, 0.3) is 0 Å². The molecule has 18 heavy (non-hydrogen) atoms. The lowest BCUT2D eigenvalue weighted by Gasteiger charge is -2.08. The number of rotatable bonds is 5.